The minimum absolute atomic E-state index is 0.201. The van der Waals surface area contributed by atoms with E-state index in [1.807, 2.05) is 19.1 Å². The quantitative estimate of drug-likeness (QED) is 0.748. The van der Waals surface area contributed by atoms with E-state index in [4.69, 9.17) is 15.2 Å². The number of nitrogens with two attached hydrogens (primary N) is 1. The molecular weight excluding hydrogens is 296 g/mol. The summed E-state index contributed by atoms with van der Waals surface area (Å²) in [5.74, 6) is 1.33. The van der Waals surface area contributed by atoms with E-state index in [9.17, 15) is 4.79 Å². The molecule has 1 aliphatic heterocycles. The van der Waals surface area contributed by atoms with Gasteiger partial charge in [0.15, 0.2) is 17.1 Å². The van der Waals surface area contributed by atoms with Crippen molar-refractivity contribution in [3.8, 4) is 22.8 Å². The first kappa shape index (κ1) is 13.6. The maximum Gasteiger partial charge on any atom is 0.275 e. The van der Waals surface area contributed by atoms with Crippen LogP contribution in [0, 0.1) is 0 Å². The molecule has 0 unspecified atom stereocenters. The van der Waals surface area contributed by atoms with Crippen LogP contribution >= 0.6 is 0 Å². The highest BCUT2D eigenvalue weighted by Crippen LogP contribution is 2.35. The van der Waals surface area contributed by atoms with Gasteiger partial charge in [-0.05, 0) is 24.6 Å². The Morgan fingerprint density at radius 3 is 2.96 bits per heavy atom. The predicted molar refractivity (Wildman–Crippen MR) is 83.9 cm³/mol. The summed E-state index contributed by atoms with van der Waals surface area (Å²) < 4.78 is 11.9. The minimum atomic E-state index is -0.252. The third kappa shape index (κ3) is 2.09. The highest BCUT2D eigenvalue weighted by Gasteiger charge is 2.15. The van der Waals surface area contributed by atoms with Crippen LogP contribution in [0.2, 0.25) is 0 Å². The van der Waals surface area contributed by atoms with Crippen LogP contribution in [0.3, 0.4) is 0 Å². The Labute approximate surface area is 131 Å². The SMILES string of the molecule is CCC(N)=c1cnn2c(=O)cc(-c3ccc4c(c3)OCO4)nc12. The molecule has 0 saturated heterocycles. The molecule has 0 radical (unpaired) electrons. The predicted octanol–water partition coefficient (Wildman–Crippen LogP) is 0.681. The number of nitrogens with zero attached hydrogens (tertiary/aromatic N) is 3. The number of aromatic nitrogens is 3. The molecule has 116 valence electrons. The van der Waals surface area contributed by atoms with Gasteiger partial charge in [-0.1, -0.05) is 6.92 Å². The fraction of sp³-hybridized carbons (Fsp3) is 0.188. The average Bonchev–Trinajstić information content (AvgIpc) is 3.20. The number of benzene rings is 1. The molecule has 0 amide bonds. The van der Waals surface area contributed by atoms with E-state index < -0.39 is 0 Å². The van der Waals surface area contributed by atoms with E-state index in [2.05, 4.69) is 10.1 Å². The highest BCUT2D eigenvalue weighted by molar-refractivity contribution is 5.66. The van der Waals surface area contributed by atoms with Crippen LogP contribution in [0.5, 0.6) is 11.5 Å². The van der Waals surface area contributed by atoms with Gasteiger partial charge < -0.3 is 15.2 Å². The minimum Gasteiger partial charge on any atom is -0.454 e. The van der Waals surface area contributed by atoms with Gasteiger partial charge in [0.25, 0.3) is 5.56 Å². The normalized spacial score (nSPS) is 14.3. The van der Waals surface area contributed by atoms with Crippen LogP contribution in [0.4, 0.5) is 0 Å². The van der Waals surface area contributed by atoms with Crippen molar-refractivity contribution in [2.45, 2.75) is 13.3 Å². The fourth-order valence-electron chi connectivity index (χ4n) is 2.56. The summed E-state index contributed by atoms with van der Waals surface area (Å²) in [6, 6.07) is 6.90. The summed E-state index contributed by atoms with van der Waals surface area (Å²) in [5.41, 5.74) is 8.18. The molecule has 0 aliphatic carbocycles. The van der Waals surface area contributed by atoms with Crippen LogP contribution in [-0.4, -0.2) is 21.4 Å². The van der Waals surface area contributed by atoms with Crippen LogP contribution in [0.15, 0.2) is 35.3 Å². The average molecular weight is 310 g/mol. The number of hydrogen-bond donors (Lipinski definition) is 1. The van der Waals surface area contributed by atoms with Gasteiger partial charge >= 0.3 is 0 Å². The fourth-order valence-corrected chi connectivity index (χ4v) is 2.56. The van der Waals surface area contributed by atoms with Crippen molar-refractivity contribution in [2.24, 2.45) is 5.73 Å². The van der Waals surface area contributed by atoms with E-state index in [-0.39, 0.29) is 12.4 Å². The zero-order valence-electron chi connectivity index (χ0n) is 12.4. The van der Waals surface area contributed by atoms with E-state index >= 15 is 0 Å². The second kappa shape index (κ2) is 4.98. The smallest absolute Gasteiger partial charge is 0.275 e. The Kier molecular flexibility index (Phi) is 2.94. The maximum absolute atomic E-state index is 12.3. The highest BCUT2D eigenvalue weighted by atomic mass is 16.7. The molecule has 7 nitrogen and oxygen atoms in total. The zero-order chi connectivity index (χ0) is 16.0. The first-order valence-electron chi connectivity index (χ1n) is 7.25. The lowest BCUT2D eigenvalue weighted by Crippen LogP contribution is -2.18. The first-order valence-corrected chi connectivity index (χ1v) is 7.25. The van der Waals surface area contributed by atoms with Gasteiger partial charge in [-0.25, -0.2) is 4.98 Å². The summed E-state index contributed by atoms with van der Waals surface area (Å²) in [5, 5.41) is 4.76. The van der Waals surface area contributed by atoms with Gasteiger partial charge in [0.1, 0.15) is 0 Å². The Hall–Kier alpha value is -3.09. The molecule has 7 heteroatoms. The van der Waals surface area contributed by atoms with Gasteiger partial charge in [0.2, 0.25) is 6.79 Å². The summed E-state index contributed by atoms with van der Waals surface area (Å²) in [7, 11) is 0. The standard InChI is InChI=1S/C16H14N4O3/c1-2-11(17)10-7-18-20-15(21)6-12(19-16(10)20)9-3-4-13-14(5-9)23-8-22-13/h3-7H,2,8,17H2,1H3. The number of rotatable bonds is 2. The van der Waals surface area contributed by atoms with Gasteiger partial charge in [-0.15, -0.1) is 0 Å². The van der Waals surface area contributed by atoms with Crippen LogP contribution in [0.1, 0.15) is 13.3 Å². The summed E-state index contributed by atoms with van der Waals surface area (Å²) in [6.45, 7) is 2.14. The molecule has 3 aromatic rings. The second-order valence-electron chi connectivity index (χ2n) is 5.22. The molecule has 1 aromatic carbocycles. The molecule has 0 saturated carbocycles. The lowest BCUT2D eigenvalue weighted by molar-refractivity contribution is 0.174. The van der Waals surface area contributed by atoms with Gasteiger partial charge in [0.05, 0.1) is 17.1 Å². The third-order valence-corrected chi connectivity index (χ3v) is 3.83. The molecule has 23 heavy (non-hydrogen) atoms. The molecule has 2 aromatic heterocycles. The number of fused-ring (bicyclic) bond motifs is 2. The van der Waals surface area contributed by atoms with Gasteiger partial charge in [-0.2, -0.15) is 9.61 Å². The van der Waals surface area contributed by atoms with Crippen molar-refractivity contribution in [3.05, 3.63) is 46.0 Å². The van der Waals surface area contributed by atoms with Crippen LogP contribution in [-0.2, 0) is 0 Å². The number of ether oxygens (including phenoxy) is 2. The van der Waals surface area contributed by atoms with Crippen molar-refractivity contribution in [1.82, 2.24) is 14.6 Å². The summed E-state index contributed by atoms with van der Waals surface area (Å²) in [6.07, 6.45) is 2.23. The lowest BCUT2D eigenvalue weighted by atomic mass is 10.1. The molecule has 3 heterocycles. The van der Waals surface area contributed by atoms with E-state index in [0.717, 1.165) is 5.56 Å². The third-order valence-electron chi connectivity index (χ3n) is 3.83. The molecule has 0 bridgehead atoms. The van der Waals surface area contributed by atoms with Crippen molar-refractivity contribution < 1.29 is 9.47 Å². The van der Waals surface area contributed by atoms with Crippen molar-refractivity contribution >= 4 is 11.3 Å². The lowest BCUT2D eigenvalue weighted by Gasteiger charge is -2.03. The van der Waals surface area contributed by atoms with Crippen molar-refractivity contribution in [1.29, 1.82) is 0 Å². The molecule has 0 atom stereocenters. The number of hydrogen-bond acceptors (Lipinski definition) is 6. The molecule has 0 fully saturated rings. The molecule has 0 spiro atoms. The Balaban J connectivity index is 1.96. The van der Waals surface area contributed by atoms with Gasteiger partial charge in [0, 0.05) is 17.3 Å². The van der Waals surface area contributed by atoms with E-state index in [1.54, 1.807) is 12.3 Å². The van der Waals surface area contributed by atoms with Crippen molar-refractivity contribution in [3.63, 3.8) is 0 Å². The molecule has 2 N–H and O–H groups in total. The Morgan fingerprint density at radius 2 is 2.13 bits per heavy atom. The Bertz CT molecular complexity index is 1030. The first-order chi connectivity index (χ1) is 11.2. The molecule has 1 aliphatic rings. The van der Waals surface area contributed by atoms with Crippen molar-refractivity contribution in [2.75, 3.05) is 6.79 Å². The monoisotopic (exact) mass is 310 g/mol. The Morgan fingerprint density at radius 1 is 1.30 bits per heavy atom. The van der Waals surface area contributed by atoms with Crippen LogP contribution < -0.4 is 26.0 Å². The van der Waals surface area contributed by atoms with E-state index in [1.165, 1.54) is 10.6 Å². The van der Waals surface area contributed by atoms with Crippen LogP contribution in [0.25, 0.3) is 22.6 Å². The maximum atomic E-state index is 12.3. The summed E-state index contributed by atoms with van der Waals surface area (Å²) in [4.78, 5) is 16.8. The topological polar surface area (TPSA) is 91.7 Å². The molecular formula is C16H14N4O3. The largest absolute Gasteiger partial charge is 0.454 e. The second-order valence-corrected chi connectivity index (χ2v) is 5.22. The molecule has 4 rings (SSSR count). The van der Waals surface area contributed by atoms with Gasteiger partial charge in [-0.3, -0.25) is 4.79 Å². The summed E-state index contributed by atoms with van der Waals surface area (Å²) >= 11 is 0. The zero-order valence-corrected chi connectivity index (χ0v) is 12.4. The van der Waals surface area contributed by atoms with E-state index in [0.29, 0.717) is 40.2 Å².